The summed E-state index contributed by atoms with van der Waals surface area (Å²) < 4.78 is 5.56. The molecule has 5 nitrogen and oxygen atoms in total. The minimum absolute atomic E-state index is 0. The summed E-state index contributed by atoms with van der Waals surface area (Å²) in [6, 6.07) is 8.35. The van der Waals surface area contributed by atoms with E-state index in [1.54, 1.807) is 7.11 Å². The molecule has 1 fully saturated rings. The van der Waals surface area contributed by atoms with Crippen LogP contribution in [-0.4, -0.2) is 51.3 Å². The van der Waals surface area contributed by atoms with Gasteiger partial charge in [-0.15, -0.1) is 24.8 Å². The molecule has 0 bridgehead atoms. The molecule has 1 aromatic rings. The average Bonchev–Trinajstić information content (AvgIpc) is 2.60. The van der Waals surface area contributed by atoms with Crippen molar-refractivity contribution in [3.05, 3.63) is 29.8 Å². The number of amides is 1. The molecule has 2 N–H and O–H groups in total. The number of rotatable bonds is 7. The van der Waals surface area contributed by atoms with Gasteiger partial charge in [0.05, 0.1) is 0 Å². The number of anilines is 1. The first-order chi connectivity index (χ1) is 11.1. The molecule has 1 amide bonds. The van der Waals surface area contributed by atoms with E-state index in [2.05, 4.69) is 47.6 Å². The number of hydrogen-bond donors (Lipinski definition) is 2. The summed E-state index contributed by atoms with van der Waals surface area (Å²) in [6.45, 7) is 8.24. The minimum atomic E-state index is -0.662. The number of halogens is 2. The van der Waals surface area contributed by atoms with Crippen molar-refractivity contribution in [2.75, 3.05) is 44.7 Å². The fourth-order valence-corrected chi connectivity index (χ4v) is 3.19. The summed E-state index contributed by atoms with van der Waals surface area (Å²) in [6.07, 6.45) is 1.45. The van der Waals surface area contributed by atoms with Gasteiger partial charge in [-0.25, -0.2) is 0 Å². The molecule has 2 rings (SSSR count). The van der Waals surface area contributed by atoms with Crippen LogP contribution in [0.2, 0.25) is 0 Å². The maximum atomic E-state index is 12.5. The highest BCUT2D eigenvalue weighted by molar-refractivity contribution is 5.86. The number of nitrogens with zero attached hydrogens (tertiary/aromatic N) is 1. The Kier molecular flexibility index (Phi) is 11.1. The first-order valence-corrected chi connectivity index (χ1v) is 8.47. The minimum Gasteiger partial charge on any atom is -0.370 e. The summed E-state index contributed by atoms with van der Waals surface area (Å²) >= 11 is 0. The highest BCUT2D eigenvalue weighted by Gasteiger charge is 2.39. The summed E-state index contributed by atoms with van der Waals surface area (Å²) in [5.41, 5.74) is 1.82. The molecule has 7 heteroatoms. The van der Waals surface area contributed by atoms with Crippen LogP contribution in [0.15, 0.2) is 24.3 Å². The molecule has 144 valence electrons. The quantitative estimate of drug-likeness (QED) is 0.749. The summed E-state index contributed by atoms with van der Waals surface area (Å²) in [7, 11) is 1.64. The Morgan fingerprint density at radius 2 is 1.92 bits per heavy atom. The van der Waals surface area contributed by atoms with E-state index in [0.29, 0.717) is 6.54 Å². The lowest BCUT2D eigenvalue weighted by Gasteiger charge is -2.35. The van der Waals surface area contributed by atoms with Gasteiger partial charge in [0.2, 0.25) is 0 Å². The Morgan fingerprint density at radius 3 is 2.48 bits per heavy atom. The fraction of sp³-hybridized carbons (Fsp3) is 0.611. The SMILES string of the molecule is CCN(CCNC(=O)C1(OC)CCNCC1)c1ccccc1C.Cl.Cl. The second-order valence-electron chi connectivity index (χ2n) is 6.07. The normalized spacial score (nSPS) is 15.5. The van der Waals surface area contributed by atoms with Crippen LogP contribution >= 0.6 is 24.8 Å². The van der Waals surface area contributed by atoms with Crippen LogP contribution < -0.4 is 15.5 Å². The zero-order chi connectivity index (χ0) is 16.7. The number of piperidine rings is 1. The number of likely N-dealkylation sites (N-methyl/N-ethyl adjacent to an activating group) is 1. The van der Waals surface area contributed by atoms with E-state index in [4.69, 9.17) is 4.74 Å². The van der Waals surface area contributed by atoms with Gasteiger partial charge in [0, 0.05) is 32.4 Å². The van der Waals surface area contributed by atoms with E-state index in [-0.39, 0.29) is 30.7 Å². The van der Waals surface area contributed by atoms with Gasteiger partial charge in [0.1, 0.15) is 5.60 Å². The molecule has 1 aromatic carbocycles. The molecule has 1 aliphatic rings. The van der Waals surface area contributed by atoms with Gasteiger partial charge in [0.15, 0.2) is 0 Å². The maximum absolute atomic E-state index is 12.5. The summed E-state index contributed by atoms with van der Waals surface area (Å²) in [5, 5.41) is 6.34. The first kappa shape index (κ1) is 24.0. The van der Waals surface area contributed by atoms with Crippen molar-refractivity contribution in [1.29, 1.82) is 0 Å². The van der Waals surface area contributed by atoms with Crippen molar-refractivity contribution in [3.63, 3.8) is 0 Å². The molecule has 1 saturated heterocycles. The second kappa shape index (κ2) is 11.6. The predicted molar refractivity (Wildman–Crippen MR) is 108 cm³/mol. The Morgan fingerprint density at radius 1 is 1.28 bits per heavy atom. The number of benzene rings is 1. The molecule has 25 heavy (non-hydrogen) atoms. The van der Waals surface area contributed by atoms with Crippen molar-refractivity contribution in [2.45, 2.75) is 32.3 Å². The van der Waals surface area contributed by atoms with Crippen LogP contribution in [-0.2, 0) is 9.53 Å². The van der Waals surface area contributed by atoms with Crippen LogP contribution in [0.25, 0.3) is 0 Å². The van der Waals surface area contributed by atoms with Gasteiger partial charge in [-0.3, -0.25) is 4.79 Å². The second-order valence-corrected chi connectivity index (χ2v) is 6.07. The van der Waals surface area contributed by atoms with Gasteiger partial charge in [-0.05, 0) is 51.4 Å². The number of hydrogen-bond acceptors (Lipinski definition) is 4. The van der Waals surface area contributed by atoms with Crippen molar-refractivity contribution < 1.29 is 9.53 Å². The van der Waals surface area contributed by atoms with Crippen LogP contribution in [0.4, 0.5) is 5.69 Å². The smallest absolute Gasteiger partial charge is 0.252 e. The molecule has 0 radical (unpaired) electrons. The van der Waals surface area contributed by atoms with Crippen molar-refractivity contribution in [1.82, 2.24) is 10.6 Å². The lowest BCUT2D eigenvalue weighted by molar-refractivity contribution is -0.146. The molecule has 1 heterocycles. The van der Waals surface area contributed by atoms with E-state index in [1.807, 2.05) is 6.07 Å². The van der Waals surface area contributed by atoms with E-state index < -0.39 is 5.60 Å². The number of para-hydroxylation sites is 1. The molecule has 0 saturated carbocycles. The van der Waals surface area contributed by atoms with E-state index in [1.165, 1.54) is 11.3 Å². The monoisotopic (exact) mass is 391 g/mol. The number of methoxy groups -OCH3 is 1. The van der Waals surface area contributed by atoms with Gasteiger partial charge in [0.25, 0.3) is 5.91 Å². The van der Waals surface area contributed by atoms with Crippen LogP contribution in [0.1, 0.15) is 25.3 Å². The standard InChI is InChI=1S/C18H29N3O2.2ClH/c1-4-21(16-8-6-5-7-15(16)2)14-13-20-17(22)18(23-3)9-11-19-12-10-18;;/h5-8,19H,4,9-14H2,1-3H3,(H,20,22);2*1H. The number of ether oxygens (including phenoxy) is 1. The first-order valence-electron chi connectivity index (χ1n) is 8.47. The topological polar surface area (TPSA) is 53.6 Å². The molecular weight excluding hydrogens is 361 g/mol. The van der Waals surface area contributed by atoms with E-state index in [9.17, 15) is 4.79 Å². The average molecular weight is 392 g/mol. The molecule has 0 atom stereocenters. The lowest BCUT2D eigenvalue weighted by Crippen LogP contribution is -2.55. The largest absolute Gasteiger partial charge is 0.370 e. The van der Waals surface area contributed by atoms with Gasteiger partial charge >= 0.3 is 0 Å². The van der Waals surface area contributed by atoms with Crippen molar-refractivity contribution >= 4 is 36.4 Å². The zero-order valence-electron chi connectivity index (χ0n) is 15.3. The number of carbonyl (C=O) groups is 1. The Labute approximate surface area is 163 Å². The molecule has 0 aromatic heterocycles. The fourth-order valence-electron chi connectivity index (χ4n) is 3.19. The van der Waals surface area contributed by atoms with E-state index >= 15 is 0 Å². The third-order valence-corrected chi connectivity index (χ3v) is 4.72. The maximum Gasteiger partial charge on any atom is 0.252 e. The van der Waals surface area contributed by atoms with Crippen molar-refractivity contribution in [3.8, 4) is 0 Å². The third kappa shape index (κ3) is 6.03. The number of carbonyl (C=O) groups excluding carboxylic acids is 1. The summed E-state index contributed by atoms with van der Waals surface area (Å²) in [5.74, 6) is 0.0161. The number of aryl methyl sites for hydroxylation is 1. The molecular formula is C18H31Cl2N3O2. The Hall–Kier alpha value is -1.01. The third-order valence-electron chi connectivity index (χ3n) is 4.72. The molecule has 0 aliphatic carbocycles. The highest BCUT2D eigenvalue weighted by atomic mass is 35.5. The van der Waals surface area contributed by atoms with Crippen LogP contribution in [0.5, 0.6) is 0 Å². The summed E-state index contributed by atoms with van der Waals surface area (Å²) in [4.78, 5) is 14.8. The molecule has 0 unspecified atom stereocenters. The van der Waals surface area contributed by atoms with E-state index in [0.717, 1.165) is 39.0 Å². The van der Waals surface area contributed by atoms with Crippen molar-refractivity contribution in [2.24, 2.45) is 0 Å². The zero-order valence-corrected chi connectivity index (χ0v) is 17.0. The lowest BCUT2D eigenvalue weighted by atomic mass is 9.91. The molecule has 1 aliphatic heterocycles. The highest BCUT2D eigenvalue weighted by Crippen LogP contribution is 2.22. The number of nitrogens with one attached hydrogen (secondary N) is 2. The predicted octanol–water partition coefficient (Wildman–Crippen LogP) is 2.55. The Bertz CT molecular complexity index is 523. The van der Waals surface area contributed by atoms with Gasteiger partial charge in [-0.2, -0.15) is 0 Å². The molecule has 0 spiro atoms. The van der Waals surface area contributed by atoms with Gasteiger partial charge < -0.3 is 20.3 Å². The Balaban J connectivity index is 0.00000288. The van der Waals surface area contributed by atoms with Gasteiger partial charge in [-0.1, -0.05) is 18.2 Å². The van der Waals surface area contributed by atoms with Crippen LogP contribution in [0.3, 0.4) is 0 Å². The van der Waals surface area contributed by atoms with Crippen LogP contribution in [0, 0.1) is 6.92 Å².